The van der Waals surface area contributed by atoms with Crippen molar-refractivity contribution in [3.05, 3.63) is 65.7 Å². The van der Waals surface area contributed by atoms with Gasteiger partial charge in [0.1, 0.15) is 0 Å². The molecule has 1 amide bonds. The molecule has 0 aliphatic heterocycles. The first kappa shape index (κ1) is 21.3. The van der Waals surface area contributed by atoms with Crippen LogP contribution in [0.15, 0.2) is 55.1 Å². The van der Waals surface area contributed by atoms with Crippen LogP contribution < -0.4 is 14.8 Å². The van der Waals surface area contributed by atoms with Crippen molar-refractivity contribution in [2.75, 3.05) is 19.0 Å². The molecule has 0 fully saturated rings. The van der Waals surface area contributed by atoms with E-state index in [-0.39, 0.29) is 6.61 Å². The summed E-state index contributed by atoms with van der Waals surface area (Å²) in [5.41, 5.74) is 1.52. The van der Waals surface area contributed by atoms with Gasteiger partial charge in [-0.3, -0.25) is 4.79 Å². The summed E-state index contributed by atoms with van der Waals surface area (Å²) in [5.74, 6) is -0.241. The van der Waals surface area contributed by atoms with Gasteiger partial charge in [0.15, 0.2) is 24.2 Å². The summed E-state index contributed by atoms with van der Waals surface area (Å²) in [4.78, 5) is 24.1. The minimum absolute atomic E-state index is 0.355. The molecule has 0 spiro atoms. The minimum atomic E-state index is -0.994. The molecule has 0 aliphatic rings. The lowest BCUT2D eigenvalue weighted by Gasteiger charge is -2.15. The molecule has 1 N–H and O–H groups in total. The van der Waals surface area contributed by atoms with Crippen molar-refractivity contribution in [3.63, 3.8) is 0 Å². The summed E-state index contributed by atoms with van der Waals surface area (Å²) in [6.45, 7) is 4.81. The van der Waals surface area contributed by atoms with E-state index in [1.807, 2.05) is 12.1 Å². The zero-order valence-electron chi connectivity index (χ0n) is 15.7. The summed E-state index contributed by atoms with van der Waals surface area (Å²) in [6, 6.07) is 12.0. The molecule has 2 aromatic rings. The van der Waals surface area contributed by atoms with Gasteiger partial charge in [0.05, 0.1) is 7.11 Å². The van der Waals surface area contributed by atoms with E-state index in [1.165, 1.54) is 14.0 Å². The van der Waals surface area contributed by atoms with Gasteiger partial charge in [-0.15, -0.1) is 6.58 Å². The van der Waals surface area contributed by atoms with E-state index in [0.29, 0.717) is 28.6 Å². The third-order valence-corrected chi connectivity index (χ3v) is 3.96. The summed E-state index contributed by atoms with van der Waals surface area (Å²) in [6.07, 6.45) is 1.48. The Morgan fingerprint density at radius 1 is 1.21 bits per heavy atom. The number of carbonyl (C=O) groups is 2. The van der Waals surface area contributed by atoms with E-state index in [4.69, 9.17) is 25.8 Å². The molecule has 0 aromatic heterocycles. The van der Waals surface area contributed by atoms with Crippen LogP contribution in [0, 0.1) is 0 Å². The first-order valence-electron chi connectivity index (χ1n) is 8.59. The molecule has 0 radical (unpaired) electrons. The number of halogens is 1. The fourth-order valence-electron chi connectivity index (χ4n) is 2.36. The molecule has 7 heteroatoms. The van der Waals surface area contributed by atoms with Crippen molar-refractivity contribution in [2.45, 2.75) is 19.4 Å². The van der Waals surface area contributed by atoms with Crippen molar-refractivity contribution < 1.29 is 23.8 Å². The van der Waals surface area contributed by atoms with Crippen LogP contribution in [-0.4, -0.2) is 31.7 Å². The number of ether oxygens (including phenoxy) is 3. The summed E-state index contributed by atoms with van der Waals surface area (Å²) in [5, 5.41) is 3.12. The molecule has 0 heterocycles. The molecule has 148 valence electrons. The molecule has 2 rings (SSSR count). The second-order valence-corrected chi connectivity index (χ2v) is 6.33. The van der Waals surface area contributed by atoms with E-state index >= 15 is 0 Å². The first-order chi connectivity index (χ1) is 13.4. The lowest BCUT2D eigenvalue weighted by Crippen LogP contribution is -2.31. The van der Waals surface area contributed by atoms with Gasteiger partial charge in [-0.1, -0.05) is 29.8 Å². The molecule has 0 bridgehead atoms. The Hall–Kier alpha value is -2.99. The van der Waals surface area contributed by atoms with Gasteiger partial charge in [0, 0.05) is 10.7 Å². The second-order valence-electron chi connectivity index (χ2n) is 5.90. The zero-order chi connectivity index (χ0) is 20.5. The van der Waals surface area contributed by atoms with Crippen molar-refractivity contribution in [1.82, 2.24) is 0 Å². The van der Waals surface area contributed by atoms with Crippen LogP contribution in [0.25, 0.3) is 0 Å². The molecule has 2 aromatic carbocycles. The van der Waals surface area contributed by atoms with Crippen molar-refractivity contribution in [3.8, 4) is 11.5 Å². The molecule has 0 aliphatic carbocycles. The Labute approximate surface area is 169 Å². The van der Waals surface area contributed by atoms with Crippen LogP contribution in [0.4, 0.5) is 5.69 Å². The van der Waals surface area contributed by atoms with E-state index in [1.54, 1.807) is 36.4 Å². The van der Waals surface area contributed by atoms with E-state index in [2.05, 4.69) is 11.9 Å². The molecule has 6 nitrogen and oxygen atoms in total. The van der Waals surface area contributed by atoms with Gasteiger partial charge in [0.2, 0.25) is 0 Å². The predicted octanol–water partition coefficient (Wildman–Crippen LogP) is 4.03. The van der Waals surface area contributed by atoms with Crippen LogP contribution in [0.3, 0.4) is 0 Å². The number of nitrogens with one attached hydrogen (secondary N) is 1. The Morgan fingerprint density at radius 3 is 2.68 bits per heavy atom. The molecule has 0 saturated heterocycles. The van der Waals surface area contributed by atoms with Crippen LogP contribution in [-0.2, 0) is 20.7 Å². The van der Waals surface area contributed by atoms with Gasteiger partial charge >= 0.3 is 5.97 Å². The lowest BCUT2D eigenvalue weighted by atomic mass is 10.1. The van der Waals surface area contributed by atoms with Crippen LogP contribution in [0.5, 0.6) is 11.5 Å². The monoisotopic (exact) mass is 403 g/mol. The molecular weight excluding hydrogens is 382 g/mol. The van der Waals surface area contributed by atoms with E-state index in [9.17, 15) is 9.59 Å². The highest BCUT2D eigenvalue weighted by Gasteiger charge is 2.19. The summed E-state index contributed by atoms with van der Waals surface area (Å²) < 4.78 is 15.8. The zero-order valence-corrected chi connectivity index (χ0v) is 16.5. The minimum Gasteiger partial charge on any atom is -0.493 e. The highest BCUT2D eigenvalue weighted by molar-refractivity contribution is 6.30. The highest BCUT2D eigenvalue weighted by atomic mass is 35.5. The Kier molecular flexibility index (Phi) is 7.89. The maximum atomic E-state index is 12.1. The number of anilines is 1. The topological polar surface area (TPSA) is 73.9 Å². The number of benzene rings is 2. The largest absolute Gasteiger partial charge is 0.493 e. The van der Waals surface area contributed by atoms with Gasteiger partial charge in [-0.05, 0) is 49.2 Å². The van der Waals surface area contributed by atoms with Crippen LogP contribution in [0.1, 0.15) is 12.5 Å². The van der Waals surface area contributed by atoms with E-state index < -0.39 is 18.0 Å². The van der Waals surface area contributed by atoms with Crippen molar-refractivity contribution in [2.24, 2.45) is 0 Å². The Morgan fingerprint density at radius 2 is 2.00 bits per heavy atom. The average Bonchev–Trinajstić information content (AvgIpc) is 2.67. The second kappa shape index (κ2) is 10.4. The lowest BCUT2D eigenvalue weighted by molar-refractivity contribution is -0.155. The number of allylic oxidation sites excluding steroid dienone is 1. The standard InChI is InChI=1S/C21H22ClNO5/c1-4-6-15-9-10-18(19(11-15)26-3)27-13-20(24)28-14(2)21(25)23-17-8-5-7-16(22)12-17/h4-5,7-12,14H,1,6,13H2,2-3H3,(H,23,25)/t14-/m0/s1. The number of hydrogen-bond acceptors (Lipinski definition) is 5. The predicted molar refractivity (Wildman–Crippen MR) is 108 cm³/mol. The van der Waals surface area contributed by atoms with Gasteiger partial charge < -0.3 is 19.5 Å². The van der Waals surface area contributed by atoms with Gasteiger partial charge in [0.25, 0.3) is 5.91 Å². The molecule has 0 saturated carbocycles. The van der Waals surface area contributed by atoms with Crippen molar-refractivity contribution in [1.29, 1.82) is 0 Å². The maximum Gasteiger partial charge on any atom is 0.344 e. The van der Waals surface area contributed by atoms with E-state index in [0.717, 1.165) is 5.56 Å². The number of esters is 1. The third kappa shape index (κ3) is 6.32. The number of carbonyl (C=O) groups excluding carboxylic acids is 2. The summed E-state index contributed by atoms with van der Waals surface area (Å²) >= 11 is 5.88. The number of amides is 1. The Balaban J connectivity index is 1.87. The number of hydrogen-bond donors (Lipinski definition) is 1. The fourth-order valence-corrected chi connectivity index (χ4v) is 2.55. The molecule has 28 heavy (non-hydrogen) atoms. The molecule has 0 unspecified atom stereocenters. The number of methoxy groups -OCH3 is 1. The summed E-state index contributed by atoms with van der Waals surface area (Å²) in [7, 11) is 1.51. The van der Waals surface area contributed by atoms with Crippen LogP contribution >= 0.6 is 11.6 Å². The maximum absolute atomic E-state index is 12.1. The average molecular weight is 404 g/mol. The fraction of sp³-hybridized carbons (Fsp3) is 0.238. The van der Waals surface area contributed by atoms with Crippen LogP contribution in [0.2, 0.25) is 5.02 Å². The van der Waals surface area contributed by atoms with Gasteiger partial charge in [-0.25, -0.2) is 4.79 Å². The third-order valence-electron chi connectivity index (χ3n) is 3.72. The normalized spacial score (nSPS) is 11.2. The van der Waals surface area contributed by atoms with Crippen molar-refractivity contribution >= 4 is 29.2 Å². The Bertz CT molecular complexity index is 852. The smallest absolute Gasteiger partial charge is 0.344 e. The van der Waals surface area contributed by atoms with Gasteiger partial charge in [-0.2, -0.15) is 0 Å². The molecule has 1 atom stereocenters. The first-order valence-corrected chi connectivity index (χ1v) is 8.97. The number of rotatable bonds is 9. The highest BCUT2D eigenvalue weighted by Crippen LogP contribution is 2.28. The molecular formula is C21H22ClNO5. The SMILES string of the molecule is C=CCc1ccc(OCC(=O)O[C@@H](C)C(=O)Nc2cccc(Cl)c2)c(OC)c1. The quantitative estimate of drug-likeness (QED) is 0.505.